The standard InChI is InChI=1S/C17H16BrClN2O3S/c1-10-6-12-7-13(18)8-16(17(12)21(10)11(2)22)25(23,24)20-15-5-3-4-14(19)9-15/h3-5,7-10,20H,6H2,1-2H3/t10-/m1/s1. The first-order chi connectivity index (χ1) is 11.7. The van der Waals surface area contributed by atoms with Crippen LogP contribution in [0.15, 0.2) is 45.8 Å². The van der Waals surface area contributed by atoms with Crippen LogP contribution >= 0.6 is 27.5 Å². The highest BCUT2D eigenvalue weighted by molar-refractivity contribution is 9.10. The lowest BCUT2D eigenvalue weighted by atomic mass is 10.1. The van der Waals surface area contributed by atoms with Gasteiger partial charge in [0.1, 0.15) is 4.90 Å². The second-order valence-electron chi connectivity index (χ2n) is 5.97. The van der Waals surface area contributed by atoms with Crippen LogP contribution in [0.4, 0.5) is 11.4 Å². The summed E-state index contributed by atoms with van der Waals surface area (Å²) < 4.78 is 29.2. The van der Waals surface area contributed by atoms with Crippen molar-refractivity contribution in [1.29, 1.82) is 0 Å². The Morgan fingerprint density at radius 3 is 2.68 bits per heavy atom. The van der Waals surface area contributed by atoms with Crippen LogP contribution in [0.1, 0.15) is 19.4 Å². The summed E-state index contributed by atoms with van der Waals surface area (Å²) in [4.78, 5) is 13.7. The van der Waals surface area contributed by atoms with Crippen LogP contribution in [0.2, 0.25) is 5.02 Å². The summed E-state index contributed by atoms with van der Waals surface area (Å²) in [5, 5.41) is 0.429. The number of carbonyl (C=O) groups is 1. The Balaban J connectivity index is 2.13. The Bertz CT molecular complexity index is 962. The van der Waals surface area contributed by atoms with Crippen molar-refractivity contribution in [2.45, 2.75) is 31.2 Å². The molecule has 0 aliphatic carbocycles. The molecule has 0 radical (unpaired) electrons. The molecule has 5 nitrogen and oxygen atoms in total. The molecule has 1 aliphatic rings. The van der Waals surface area contributed by atoms with Crippen LogP contribution < -0.4 is 9.62 Å². The zero-order valence-electron chi connectivity index (χ0n) is 13.6. The third-order valence-electron chi connectivity index (χ3n) is 4.02. The van der Waals surface area contributed by atoms with Crippen LogP contribution in [0.25, 0.3) is 0 Å². The minimum Gasteiger partial charge on any atom is -0.308 e. The number of amides is 1. The molecule has 0 saturated heterocycles. The van der Waals surface area contributed by atoms with Gasteiger partial charge in [0.2, 0.25) is 5.91 Å². The molecule has 0 bridgehead atoms. The number of hydrogen-bond donors (Lipinski definition) is 1. The van der Waals surface area contributed by atoms with Crippen LogP contribution in [0, 0.1) is 0 Å². The molecule has 25 heavy (non-hydrogen) atoms. The molecule has 1 heterocycles. The Morgan fingerprint density at radius 2 is 2.04 bits per heavy atom. The average molecular weight is 444 g/mol. The molecule has 0 saturated carbocycles. The van der Waals surface area contributed by atoms with Crippen molar-refractivity contribution < 1.29 is 13.2 Å². The van der Waals surface area contributed by atoms with Gasteiger partial charge in [0.25, 0.3) is 10.0 Å². The number of fused-ring (bicyclic) bond motifs is 1. The van der Waals surface area contributed by atoms with E-state index in [2.05, 4.69) is 20.7 Å². The molecule has 8 heteroatoms. The molecule has 1 atom stereocenters. The minimum atomic E-state index is -3.90. The molecule has 1 aliphatic heterocycles. The Kier molecular flexibility index (Phi) is 4.83. The van der Waals surface area contributed by atoms with E-state index >= 15 is 0 Å². The summed E-state index contributed by atoms with van der Waals surface area (Å²) in [6.07, 6.45) is 0.605. The fourth-order valence-electron chi connectivity index (χ4n) is 3.12. The van der Waals surface area contributed by atoms with E-state index in [9.17, 15) is 13.2 Å². The maximum atomic E-state index is 13.0. The van der Waals surface area contributed by atoms with E-state index < -0.39 is 10.0 Å². The fourth-order valence-corrected chi connectivity index (χ4v) is 5.28. The summed E-state index contributed by atoms with van der Waals surface area (Å²) in [5.41, 5.74) is 1.63. The van der Waals surface area contributed by atoms with Crippen molar-refractivity contribution in [3.05, 3.63) is 51.5 Å². The predicted octanol–water partition coefficient (Wildman–Crippen LogP) is 4.20. The van der Waals surface area contributed by atoms with Crippen molar-refractivity contribution in [3.63, 3.8) is 0 Å². The molecule has 2 aromatic carbocycles. The van der Waals surface area contributed by atoms with E-state index in [1.54, 1.807) is 18.2 Å². The number of carbonyl (C=O) groups excluding carboxylic acids is 1. The molecule has 0 spiro atoms. The number of nitrogens with one attached hydrogen (secondary N) is 1. The molecule has 1 N–H and O–H groups in total. The van der Waals surface area contributed by atoms with Gasteiger partial charge in [-0.1, -0.05) is 33.6 Å². The molecule has 2 aromatic rings. The smallest absolute Gasteiger partial charge is 0.264 e. The third-order valence-corrected chi connectivity index (χ3v) is 6.11. The summed E-state index contributed by atoms with van der Waals surface area (Å²) in [5.74, 6) is -0.187. The average Bonchev–Trinajstić information content (AvgIpc) is 2.81. The summed E-state index contributed by atoms with van der Waals surface area (Å²) >= 11 is 9.29. The van der Waals surface area contributed by atoms with Gasteiger partial charge in [-0.2, -0.15) is 0 Å². The summed E-state index contributed by atoms with van der Waals surface area (Å²) in [6.45, 7) is 3.34. The normalized spacial score (nSPS) is 16.6. The van der Waals surface area contributed by atoms with Crippen LogP contribution in [-0.4, -0.2) is 20.4 Å². The Hall–Kier alpha value is -1.57. The Morgan fingerprint density at radius 1 is 1.32 bits per heavy atom. The largest absolute Gasteiger partial charge is 0.308 e. The number of rotatable bonds is 3. The molecular weight excluding hydrogens is 428 g/mol. The zero-order valence-corrected chi connectivity index (χ0v) is 16.7. The Labute approximate surface area is 160 Å². The highest BCUT2D eigenvalue weighted by Gasteiger charge is 2.35. The maximum absolute atomic E-state index is 13.0. The highest BCUT2D eigenvalue weighted by Crippen LogP contribution is 2.40. The predicted molar refractivity (Wildman–Crippen MR) is 103 cm³/mol. The van der Waals surface area contributed by atoms with Gasteiger partial charge >= 0.3 is 0 Å². The number of anilines is 2. The van der Waals surface area contributed by atoms with Gasteiger partial charge in [-0.3, -0.25) is 9.52 Å². The van der Waals surface area contributed by atoms with E-state index in [0.717, 1.165) is 5.56 Å². The topological polar surface area (TPSA) is 66.5 Å². The number of nitrogens with zero attached hydrogens (tertiary/aromatic N) is 1. The molecule has 0 fully saturated rings. The number of sulfonamides is 1. The van der Waals surface area contributed by atoms with Crippen LogP contribution in [0.3, 0.4) is 0 Å². The lowest BCUT2D eigenvalue weighted by Gasteiger charge is -2.23. The first-order valence-corrected chi connectivity index (χ1v) is 10.2. The number of halogens is 2. The summed E-state index contributed by atoms with van der Waals surface area (Å²) in [7, 11) is -3.90. The van der Waals surface area contributed by atoms with E-state index in [-0.39, 0.29) is 16.8 Å². The van der Waals surface area contributed by atoms with E-state index in [1.165, 1.54) is 24.0 Å². The molecule has 0 aromatic heterocycles. The van der Waals surface area contributed by atoms with Crippen molar-refractivity contribution in [2.24, 2.45) is 0 Å². The molecule has 132 valence electrons. The van der Waals surface area contributed by atoms with E-state index in [0.29, 0.717) is 27.3 Å². The monoisotopic (exact) mass is 442 g/mol. The van der Waals surface area contributed by atoms with Gasteiger partial charge in [-0.15, -0.1) is 0 Å². The quantitative estimate of drug-likeness (QED) is 0.773. The van der Waals surface area contributed by atoms with Crippen molar-refractivity contribution in [1.82, 2.24) is 0 Å². The number of hydrogen-bond acceptors (Lipinski definition) is 3. The van der Waals surface area contributed by atoms with Gasteiger partial charge in [0, 0.05) is 22.5 Å². The molecule has 1 amide bonds. The second kappa shape index (κ2) is 6.63. The van der Waals surface area contributed by atoms with Gasteiger partial charge in [-0.25, -0.2) is 8.42 Å². The van der Waals surface area contributed by atoms with E-state index in [4.69, 9.17) is 11.6 Å². The van der Waals surface area contributed by atoms with Gasteiger partial charge < -0.3 is 4.90 Å². The molecular formula is C17H16BrClN2O3S. The van der Waals surface area contributed by atoms with Gasteiger partial charge in [0.15, 0.2) is 0 Å². The second-order valence-corrected chi connectivity index (χ2v) is 8.97. The van der Waals surface area contributed by atoms with Crippen LogP contribution in [0.5, 0.6) is 0 Å². The fraction of sp³-hybridized carbons (Fsp3) is 0.235. The van der Waals surface area contributed by atoms with Gasteiger partial charge in [0.05, 0.1) is 11.4 Å². The molecule has 0 unspecified atom stereocenters. The minimum absolute atomic E-state index is 0.0661. The van der Waals surface area contributed by atoms with Crippen LogP contribution in [-0.2, 0) is 21.2 Å². The summed E-state index contributed by atoms with van der Waals surface area (Å²) in [6, 6.07) is 9.75. The first-order valence-electron chi connectivity index (χ1n) is 7.59. The van der Waals surface area contributed by atoms with Crippen molar-refractivity contribution >= 4 is 54.8 Å². The first kappa shape index (κ1) is 18.2. The van der Waals surface area contributed by atoms with Crippen molar-refractivity contribution in [3.8, 4) is 0 Å². The SMILES string of the molecule is CC(=O)N1c2c(cc(Br)cc2S(=O)(=O)Nc2cccc(Cl)c2)C[C@H]1C. The third kappa shape index (κ3) is 3.54. The maximum Gasteiger partial charge on any atom is 0.264 e. The van der Waals surface area contributed by atoms with E-state index in [1.807, 2.05) is 13.0 Å². The number of benzene rings is 2. The molecule has 3 rings (SSSR count). The lowest BCUT2D eigenvalue weighted by molar-refractivity contribution is -0.116. The lowest BCUT2D eigenvalue weighted by Crippen LogP contribution is -2.34. The van der Waals surface area contributed by atoms with Crippen molar-refractivity contribution in [2.75, 3.05) is 9.62 Å². The highest BCUT2D eigenvalue weighted by atomic mass is 79.9. The zero-order chi connectivity index (χ0) is 18.4. The van der Waals surface area contributed by atoms with Gasteiger partial charge in [-0.05, 0) is 49.2 Å².